The summed E-state index contributed by atoms with van der Waals surface area (Å²) in [6, 6.07) is 10.0. The van der Waals surface area contributed by atoms with Gasteiger partial charge in [0.1, 0.15) is 0 Å². The van der Waals surface area contributed by atoms with Gasteiger partial charge in [0, 0.05) is 18.6 Å². The van der Waals surface area contributed by atoms with E-state index in [2.05, 4.69) is 20.9 Å². The summed E-state index contributed by atoms with van der Waals surface area (Å²) in [4.78, 5) is 30.5. The summed E-state index contributed by atoms with van der Waals surface area (Å²) in [6.45, 7) is 0.717. The van der Waals surface area contributed by atoms with E-state index in [1.54, 1.807) is 43.3 Å². The number of carbonyl (C=O) groups excluding carboxylic acids is 1. The smallest absolute Gasteiger partial charge is 0.335 e. The van der Waals surface area contributed by atoms with Crippen molar-refractivity contribution in [1.82, 2.24) is 10.3 Å². The molecule has 1 aliphatic rings. The van der Waals surface area contributed by atoms with Crippen LogP contribution in [0.3, 0.4) is 0 Å². The van der Waals surface area contributed by atoms with Crippen molar-refractivity contribution < 1.29 is 19.4 Å². The number of halogens is 1. The van der Waals surface area contributed by atoms with E-state index in [0.29, 0.717) is 28.1 Å². The Bertz CT molecular complexity index is 1220. The third kappa shape index (κ3) is 4.27. The molecule has 2 heterocycles. The largest absolute Gasteiger partial charge is 0.478 e. The van der Waals surface area contributed by atoms with Crippen LogP contribution in [-0.4, -0.2) is 61.1 Å². The summed E-state index contributed by atoms with van der Waals surface area (Å²) in [5.41, 5.74) is 7.81. The third-order valence-electron chi connectivity index (χ3n) is 5.38. The number of anilines is 3. The molecule has 3 aromatic rings. The molecule has 4 rings (SSSR count). The topological polar surface area (TPSA) is 142 Å². The average molecular weight is 491 g/mol. The van der Waals surface area contributed by atoms with E-state index in [0.717, 1.165) is 10.2 Å². The number of primary amides is 1. The van der Waals surface area contributed by atoms with Gasteiger partial charge in [-0.15, -0.1) is 0 Å². The zero-order valence-electron chi connectivity index (χ0n) is 17.9. The second kappa shape index (κ2) is 9.02. The number of rotatable bonds is 9. The van der Waals surface area contributed by atoms with Gasteiger partial charge in [0.25, 0.3) is 5.91 Å². The van der Waals surface area contributed by atoms with Gasteiger partial charge in [-0.2, -0.15) is 0 Å². The number of nitrogens with two attached hydrogens (primary N) is 1. The highest BCUT2D eigenvalue weighted by Crippen LogP contribution is 2.43. The van der Waals surface area contributed by atoms with Gasteiger partial charge in [0.2, 0.25) is 5.79 Å². The SMILES string of the molecule is CNCCOC(C(N)=O)C1(Nc2nc3ccc(Cl)cc3s2)Nc2cc(C(=O)O)ccc2N1C. The lowest BCUT2D eigenvalue weighted by Gasteiger charge is -2.42. The fraction of sp³-hybridized carbons (Fsp3) is 0.286. The summed E-state index contributed by atoms with van der Waals surface area (Å²) in [7, 11) is 3.53. The van der Waals surface area contributed by atoms with E-state index >= 15 is 0 Å². The first-order valence-electron chi connectivity index (χ1n) is 10.0. The molecule has 174 valence electrons. The van der Waals surface area contributed by atoms with Crippen molar-refractivity contribution in [3.63, 3.8) is 0 Å². The van der Waals surface area contributed by atoms with Crippen molar-refractivity contribution in [2.24, 2.45) is 5.73 Å². The molecule has 33 heavy (non-hydrogen) atoms. The van der Waals surface area contributed by atoms with Gasteiger partial charge in [-0.25, -0.2) is 9.78 Å². The van der Waals surface area contributed by atoms with Crippen LogP contribution in [0.1, 0.15) is 10.4 Å². The highest BCUT2D eigenvalue weighted by atomic mass is 35.5. The number of amides is 1. The van der Waals surface area contributed by atoms with Crippen LogP contribution in [-0.2, 0) is 9.53 Å². The van der Waals surface area contributed by atoms with Gasteiger partial charge in [-0.3, -0.25) is 4.79 Å². The lowest BCUT2D eigenvalue weighted by molar-refractivity contribution is -0.132. The molecule has 2 unspecified atom stereocenters. The zero-order chi connectivity index (χ0) is 23.8. The molecule has 0 bridgehead atoms. The fourth-order valence-corrected chi connectivity index (χ4v) is 4.97. The summed E-state index contributed by atoms with van der Waals surface area (Å²) in [5, 5.41) is 20.0. The van der Waals surface area contributed by atoms with Gasteiger partial charge in [0.05, 0.1) is 33.8 Å². The van der Waals surface area contributed by atoms with Crippen molar-refractivity contribution in [3.05, 3.63) is 47.0 Å². The number of aromatic carboxylic acids is 1. The van der Waals surface area contributed by atoms with Crippen molar-refractivity contribution in [2.75, 3.05) is 42.8 Å². The van der Waals surface area contributed by atoms with Crippen molar-refractivity contribution in [2.45, 2.75) is 11.9 Å². The predicted octanol–water partition coefficient (Wildman–Crippen LogP) is 2.37. The van der Waals surface area contributed by atoms with Gasteiger partial charge in [-0.1, -0.05) is 22.9 Å². The van der Waals surface area contributed by atoms with Gasteiger partial charge >= 0.3 is 5.97 Å². The van der Waals surface area contributed by atoms with Gasteiger partial charge in [0.15, 0.2) is 11.2 Å². The molecule has 1 amide bonds. The molecule has 0 saturated carbocycles. The number of carboxylic acid groups (broad SMARTS) is 1. The number of thiazole rings is 1. The molecule has 0 fully saturated rings. The number of fused-ring (bicyclic) bond motifs is 2. The minimum atomic E-state index is -1.36. The molecule has 0 aliphatic carbocycles. The minimum absolute atomic E-state index is 0.104. The summed E-state index contributed by atoms with van der Waals surface area (Å²) < 4.78 is 6.77. The first-order chi connectivity index (χ1) is 15.7. The number of carboxylic acids is 1. The monoisotopic (exact) mass is 490 g/mol. The molecule has 0 radical (unpaired) electrons. The Kier molecular flexibility index (Phi) is 6.30. The van der Waals surface area contributed by atoms with Crippen LogP contribution in [0, 0.1) is 0 Å². The molecular formula is C21H23ClN6O4S. The second-order valence-corrected chi connectivity index (χ2v) is 8.97. The van der Waals surface area contributed by atoms with E-state index in [1.807, 2.05) is 0 Å². The van der Waals surface area contributed by atoms with E-state index in [-0.39, 0.29) is 12.2 Å². The van der Waals surface area contributed by atoms with Gasteiger partial charge in [-0.05, 0) is 43.4 Å². The Morgan fingerprint density at radius 2 is 2.15 bits per heavy atom. The van der Waals surface area contributed by atoms with Crippen molar-refractivity contribution >= 4 is 61.5 Å². The van der Waals surface area contributed by atoms with Crippen LogP contribution >= 0.6 is 22.9 Å². The van der Waals surface area contributed by atoms with Crippen LogP contribution in [0.4, 0.5) is 16.5 Å². The maximum absolute atomic E-state index is 12.6. The van der Waals surface area contributed by atoms with Crippen molar-refractivity contribution in [1.29, 1.82) is 0 Å². The van der Waals surface area contributed by atoms with Crippen LogP contribution in [0.2, 0.25) is 5.02 Å². The number of hydrogen-bond donors (Lipinski definition) is 5. The Labute approximate surface area is 198 Å². The lowest BCUT2D eigenvalue weighted by atomic mass is 10.1. The van der Waals surface area contributed by atoms with Crippen LogP contribution < -0.4 is 26.6 Å². The van der Waals surface area contributed by atoms with Crippen LogP contribution in [0.5, 0.6) is 0 Å². The number of likely N-dealkylation sites (N-methyl/N-ethyl adjacent to an activating group) is 2. The zero-order valence-corrected chi connectivity index (χ0v) is 19.5. The summed E-state index contributed by atoms with van der Waals surface area (Å²) in [6.07, 6.45) is -1.16. The third-order valence-corrected chi connectivity index (χ3v) is 6.55. The maximum Gasteiger partial charge on any atom is 0.335 e. The Hall–Kier alpha value is -3.12. The Morgan fingerprint density at radius 3 is 2.85 bits per heavy atom. The predicted molar refractivity (Wildman–Crippen MR) is 129 cm³/mol. The molecule has 10 nitrogen and oxygen atoms in total. The summed E-state index contributed by atoms with van der Waals surface area (Å²) in [5.74, 6) is -3.13. The number of nitrogens with zero attached hydrogens (tertiary/aromatic N) is 2. The molecule has 0 saturated heterocycles. The number of carbonyl (C=O) groups is 2. The first kappa shape index (κ1) is 23.1. The molecule has 1 aliphatic heterocycles. The molecule has 1 aromatic heterocycles. The number of nitrogens with one attached hydrogen (secondary N) is 3. The molecule has 6 N–H and O–H groups in total. The molecule has 12 heteroatoms. The first-order valence-corrected chi connectivity index (χ1v) is 11.2. The van der Waals surface area contributed by atoms with Crippen LogP contribution in [0.25, 0.3) is 10.2 Å². The number of ether oxygens (including phenoxy) is 1. The van der Waals surface area contributed by atoms with E-state index in [9.17, 15) is 14.7 Å². The summed E-state index contributed by atoms with van der Waals surface area (Å²) >= 11 is 7.47. The molecule has 2 atom stereocenters. The number of aromatic nitrogens is 1. The maximum atomic E-state index is 12.6. The van der Waals surface area contributed by atoms with Crippen LogP contribution in [0.15, 0.2) is 36.4 Å². The van der Waals surface area contributed by atoms with Crippen molar-refractivity contribution in [3.8, 4) is 0 Å². The highest BCUT2D eigenvalue weighted by Gasteiger charge is 2.52. The quantitative estimate of drug-likeness (QED) is 0.286. The van der Waals surface area contributed by atoms with E-state index in [1.165, 1.54) is 23.5 Å². The minimum Gasteiger partial charge on any atom is -0.478 e. The standard InChI is InChI=1S/C21H23ClN6O4S/c1-24-7-8-32-17(18(23)29)21(27-20-25-13-5-4-12(22)10-16(13)33-20)26-14-9-11(19(30)31)3-6-15(14)28(21)2/h3-6,9-10,17,24,26H,7-8H2,1-2H3,(H2,23,29)(H,25,27)(H,30,31). The lowest BCUT2D eigenvalue weighted by Crippen LogP contribution is -2.67. The van der Waals surface area contributed by atoms with E-state index in [4.69, 9.17) is 22.1 Å². The molecule has 0 spiro atoms. The fourth-order valence-electron chi connectivity index (χ4n) is 3.77. The normalized spacial score (nSPS) is 18.1. The second-order valence-electron chi connectivity index (χ2n) is 7.50. The van der Waals surface area contributed by atoms with Gasteiger partial charge < -0.3 is 36.4 Å². The molecule has 2 aromatic carbocycles. The molecular weight excluding hydrogens is 468 g/mol. The Balaban J connectivity index is 1.79. The Morgan fingerprint density at radius 1 is 1.36 bits per heavy atom. The number of hydrogen-bond acceptors (Lipinski definition) is 9. The van der Waals surface area contributed by atoms with E-state index < -0.39 is 23.8 Å². The highest BCUT2D eigenvalue weighted by molar-refractivity contribution is 7.22. The number of benzene rings is 2. The average Bonchev–Trinajstić information content (AvgIpc) is 3.28.